The van der Waals surface area contributed by atoms with E-state index in [0.717, 1.165) is 50.1 Å². The highest BCUT2D eigenvalue weighted by atomic mass is 32.2. The molecule has 5 rings (SSSR count). The van der Waals surface area contributed by atoms with Gasteiger partial charge in [-0.3, -0.25) is 4.79 Å². The van der Waals surface area contributed by atoms with Crippen molar-refractivity contribution in [1.82, 2.24) is 9.55 Å². The second kappa shape index (κ2) is 6.46. The van der Waals surface area contributed by atoms with Crippen molar-refractivity contribution in [2.75, 3.05) is 0 Å². The van der Waals surface area contributed by atoms with E-state index in [1.54, 1.807) is 11.8 Å². The number of hydrogen-bond acceptors (Lipinski definition) is 4. The molecular weight excluding hydrogens is 368 g/mol. The predicted octanol–water partition coefficient (Wildman–Crippen LogP) is 4.38. The molecule has 0 aliphatic heterocycles. The molecule has 0 spiro atoms. The van der Waals surface area contributed by atoms with Crippen molar-refractivity contribution in [2.24, 2.45) is 35.6 Å². The number of carbonyl (C=O) groups excluding carboxylic acids is 1. The second-order valence-electron chi connectivity index (χ2n) is 10.1. The van der Waals surface area contributed by atoms with Crippen LogP contribution in [0.25, 0.3) is 0 Å². The van der Waals surface area contributed by atoms with Crippen LogP contribution in [0.15, 0.2) is 29.2 Å². The molecule has 5 heteroatoms. The Labute approximate surface area is 172 Å². The first kappa shape index (κ1) is 18.9. The number of imidazole rings is 1. The lowest BCUT2D eigenvalue weighted by atomic mass is 9.48. The Hall–Kier alpha value is -1.07. The molecule has 1 aromatic rings. The summed E-state index contributed by atoms with van der Waals surface area (Å²) in [6.45, 7) is 4.70. The first-order valence-corrected chi connectivity index (χ1v) is 11.8. The molecular formula is C23H32N2O2S. The van der Waals surface area contributed by atoms with Crippen LogP contribution in [0.2, 0.25) is 0 Å². The Morgan fingerprint density at radius 2 is 2.00 bits per heavy atom. The Morgan fingerprint density at radius 3 is 2.75 bits per heavy atom. The number of aryl methyl sites for hydroxylation is 1. The van der Waals surface area contributed by atoms with E-state index < -0.39 is 0 Å². The molecule has 152 valence electrons. The predicted molar refractivity (Wildman–Crippen MR) is 111 cm³/mol. The van der Waals surface area contributed by atoms with Gasteiger partial charge in [0.05, 0.1) is 11.4 Å². The molecule has 3 saturated carbocycles. The van der Waals surface area contributed by atoms with E-state index in [0.29, 0.717) is 23.5 Å². The van der Waals surface area contributed by atoms with Crippen LogP contribution < -0.4 is 0 Å². The number of fused-ring (bicyclic) bond motifs is 5. The van der Waals surface area contributed by atoms with E-state index in [-0.39, 0.29) is 22.2 Å². The van der Waals surface area contributed by atoms with Crippen molar-refractivity contribution in [3.8, 4) is 0 Å². The van der Waals surface area contributed by atoms with Gasteiger partial charge in [0, 0.05) is 24.9 Å². The first-order valence-electron chi connectivity index (χ1n) is 10.9. The minimum Gasteiger partial charge on any atom is -0.393 e. The van der Waals surface area contributed by atoms with Gasteiger partial charge in [-0.2, -0.15) is 0 Å². The maximum absolute atomic E-state index is 13.5. The topological polar surface area (TPSA) is 55.1 Å². The molecule has 3 fully saturated rings. The molecule has 0 bridgehead atoms. The molecule has 0 radical (unpaired) electrons. The molecule has 7 atom stereocenters. The van der Waals surface area contributed by atoms with Crippen molar-refractivity contribution in [3.05, 3.63) is 24.0 Å². The molecule has 4 nitrogen and oxygen atoms in total. The minimum atomic E-state index is -0.167. The average molecular weight is 401 g/mol. The van der Waals surface area contributed by atoms with Gasteiger partial charge in [-0.25, -0.2) is 4.98 Å². The normalized spacial score (nSPS) is 45.2. The Balaban J connectivity index is 1.43. The zero-order valence-corrected chi connectivity index (χ0v) is 18.0. The minimum absolute atomic E-state index is 0.0428. The molecule has 0 amide bonds. The quantitative estimate of drug-likeness (QED) is 0.749. The Morgan fingerprint density at radius 1 is 1.21 bits per heavy atom. The van der Waals surface area contributed by atoms with Crippen LogP contribution in [0.1, 0.15) is 58.8 Å². The van der Waals surface area contributed by atoms with Crippen molar-refractivity contribution >= 4 is 17.5 Å². The van der Waals surface area contributed by atoms with Crippen LogP contribution in [0.4, 0.5) is 0 Å². The number of aliphatic hydroxyl groups excluding tert-OH is 1. The maximum Gasteiger partial charge on any atom is 0.168 e. The maximum atomic E-state index is 13.5. The van der Waals surface area contributed by atoms with E-state index in [1.165, 1.54) is 5.57 Å². The number of thioether (sulfide) groups is 1. The van der Waals surface area contributed by atoms with Crippen LogP contribution in [0.3, 0.4) is 0 Å². The lowest BCUT2D eigenvalue weighted by Crippen LogP contribution is -2.50. The summed E-state index contributed by atoms with van der Waals surface area (Å²) in [5.74, 6) is 2.22. The average Bonchev–Trinajstić information content (AvgIpc) is 3.18. The zero-order chi connectivity index (χ0) is 19.7. The lowest BCUT2D eigenvalue weighted by molar-refractivity contribution is -0.131. The lowest BCUT2D eigenvalue weighted by Gasteiger charge is -2.56. The molecule has 0 aromatic carbocycles. The molecule has 4 aliphatic rings. The Kier molecular flexibility index (Phi) is 4.37. The third-order valence-electron chi connectivity index (χ3n) is 8.82. The van der Waals surface area contributed by atoms with Crippen LogP contribution >= 0.6 is 11.8 Å². The smallest absolute Gasteiger partial charge is 0.168 e. The van der Waals surface area contributed by atoms with Gasteiger partial charge in [-0.1, -0.05) is 37.3 Å². The SMILES string of the molecule is Cn1ccnc1S[C@@H]1C[C@@H]2[C@H]3CC=C4C[C@@H](O)CC[C@]4(C)[C@@H]3CC[C@@]2(C)C1=O. The van der Waals surface area contributed by atoms with Crippen LogP contribution in [0.5, 0.6) is 0 Å². The fourth-order valence-electron chi connectivity index (χ4n) is 7.10. The summed E-state index contributed by atoms with van der Waals surface area (Å²) in [6, 6.07) is 0. The van der Waals surface area contributed by atoms with Gasteiger partial charge < -0.3 is 9.67 Å². The highest BCUT2D eigenvalue weighted by Gasteiger charge is 2.61. The van der Waals surface area contributed by atoms with Crippen molar-refractivity contribution < 1.29 is 9.90 Å². The highest BCUT2D eigenvalue weighted by molar-refractivity contribution is 8.00. The Bertz CT molecular complexity index is 832. The van der Waals surface area contributed by atoms with Gasteiger partial charge in [0.25, 0.3) is 0 Å². The molecule has 0 saturated heterocycles. The van der Waals surface area contributed by atoms with Gasteiger partial charge in [0.1, 0.15) is 0 Å². The third-order valence-corrected chi connectivity index (χ3v) is 10.1. The molecule has 1 N–H and O–H groups in total. The molecule has 1 aromatic heterocycles. The molecule has 0 unspecified atom stereocenters. The van der Waals surface area contributed by atoms with E-state index in [4.69, 9.17) is 0 Å². The number of hydrogen-bond donors (Lipinski definition) is 1. The number of rotatable bonds is 2. The molecule has 28 heavy (non-hydrogen) atoms. The second-order valence-corrected chi connectivity index (χ2v) is 11.3. The summed E-state index contributed by atoms with van der Waals surface area (Å²) in [5.41, 5.74) is 1.57. The number of Topliss-reactive ketones (excluding diaryl/α,β-unsaturated/α-hetero) is 1. The van der Waals surface area contributed by atoms with E-state index >= 15 is 0 Å². The molecule has 4 aliphatic carbocycles. The van der Waals surface area contributed by atoms with Crippen molar-refractivity contribution in [2.45, 2.75) is 75.3 Å². The van der Waals surface area contributed by atoms with Gasteiger partial charge in [-0.15, -0.1) is 0 Å². The summed E-state index contributed by atoms with van der Waals surface area (Å²) in [7, 11) is 2.01. The third kappa shape index (κ3) is 2.61. The van der Waals surface area contributed by atoms with Gasteiger partial charge in [-0.05, 0) is 68.1 Å². The summed E-state index contributed by atoms with van der Waals surface area (Å²) >= 11 is 1.67. The number of aliphatic hydroxyl groups is 1. The van der Waals surface area contributed by atoms with Crippen LogP contribution in [0, 0.1) is 28.6 Å². The van der Waals surface area contributed by atoms with E-state index in [1.807, 2.05) is 24.0 Å². The van der Waals surface area contributed by atoms with E-state index in [9.17, 15) is 9.90 Å². The largest absolute Gasteiger partial charge is 0.393 e. The fraction of sp³-hybridized carbons (Fsp3) is 0.739. The molecule has 1 heterocycles. The van der Waals surface area contributed by atoms with Crippen LogP contribution in [-0.2, 0) is 11.8 Å². The summed E-state index contributed by atoms with van der Waals surface area (Å²) < 4.78 is 2.02. The monoisotopic (exact) mass is 400 g/mol. The summed E-state index contributed by atoms with van der Waals surface area (Å²) in [6.07, 6.45) is 13.2. The summed E-state index contributed by atoms with van der Waals surface area (Å²) in [4.78, 5) is 17.9. The van der Waals surface area contributed by atoms with Gasteiger partial charge >= 0.3 is 0 Å². The number of ketones is 1. The van der Waals surface area contributed by atoms with Crippen molar-refractivity contribution in [1.29, 1.82) is 0 Å². The van der Waals surface area contributed by atoms with Crippen LogP contribution in [-0.4, -0.2) is 31.8 Å². The number of allylic oxidation sites excluding steroid dienone is 1. The van der Waals surface area contributed by atoms with E-state index in [2.05, 4.69) is 24.9 Å². The fourth-order valence-corrected chi connectivity index (χ4v) is 8.39. The highest BCUT2D eigenvalue weighted by Crippen LogP contribution is 2.65. The number of carbonyl (C=O) groups is 1. The number of aromatic nitrogens is 2. The van der Waals surface area contributed by atoms with Gasteiger partial charge in [0.15, 0.2) is 10.9 Å². The standard InChI is InChI=1S/C23H32N2O2S/c1-22-8-6-15(26)12-14(22)4-5-16-17(22)7-9-23(2)18(16)13-19(20(23)27)28-21-24-10-11-25(21)3/h4,10-11,15-19,26H,5-9,12-13H2,1-3H3/t15-,16-,17+,18+,19+,22-,23+/m0/s1. The first-order chi connectivity index (χ1) is 13.3. The number of nitrogens with zero attached hydrogens (tertiary/aromatic N) is 2. The van der Waals surface area contributed by atoms with Crippen molar-refractivity contribution in [3.63, 3.8) is 0 Å². The zero-order valence-electron chi connectivity index (χ0n) is 17.2. The summed E-state index contributed by atoms with van der Waals surface area (Å²) in [5, 5.41) is 11.2. The van der Waals surface area contributed by atoms with Gasteiger partial charge in [0.2, 0.25) is 0 Å².